The minimum atomic E-state index is -0.417. The van der Waals surface area contributed by atoms with Crippen LogP contribution in [-0.2, 0) is 11.8 Å². The summed E-state index contributed by atoms with van der Waals surface area (Å²) in [5.41, 5.74) is 7.66. The van der Waals surface area contributed by atoms with E-state index >= 15 is 0 Å². The topological polar surface area (TPSA) is 53.9 Å². The molecule has 35 heavy (non-hydrogen) atoms. The quantitative estimate of drug-likeness (QED) is 0.351. The largest absolute Gasteiger partial charge is 0.497 e. The first-order valence-corrected chi connectivity index (χ1v) is 11.7. The molecule has 5 nitrogen and oxygen atoms in total. The molecule has 6 heteroatoms. The Kier molecular flexibility index (Phi) is 7.01. The van der Waals surface area contributed by atoms with Crippen molar-refractivity contribution in [2.45, 2.75) is 32.6 Å². The minimum absolute atomic E-state index is 0.209. The number of allylic oxidation sites excluding steroid dienone is 2. The second-order valence-electron chi connectivity index (χ2n) is 8.86. The van der Waals surface area contributed by atoms with Gasteiger partial charge in [-0.1, -0.05) is 30.3 Å². The van der Waals surface area contributed by atoms with Crippen LogP contribution in [0.5, 0.6) is 5.75 Å². The number of anilines is 1. The number of fused-ring (bicyclic) bond motifs is 1. The molecule has 1 unspecified atom stereocenters. The van der Waals surface area contributed by atoms with E-state index in [9.17, 15) is 9.18 Å². The molecular formula is C29H30FN3O2. The number of carbonyl (C=O) groups excluding carboxylic acids is 1. The van der Waals surface area contributed by atoms with Gasteiger partial charge in [0.1, 0.15) is 11.6 Å². The Bertz CT molecular complexity index is 1290. The first-order valence-electron chi connectivity index (χ1n) is 11.7. The van der Waals surface area contributed by atoms with E-state index in [1.54, 1.807) is 32.4 Å². The van der Waals surface area contributed by atoms with Crippen LogP contribution in [0.4, 0.5) is 10.1 Å². The van der Waals surface area contributed by atoms with Crippen LogP contribution in [0.2, 0.25) is 0 Å². The standard InChI is InChI=1S/C29H30FN3O2/c1-5-33-26-14-12-23(35-4)18-24(26)29(3,19-21-11-13-25(30)20(2)17-21)27(33)15-16-31-32-28(34)22-9-7-6-8-10-22/h6-18H,5,19H2,1-4H3,(H,32,34)/b27-15-,31-16+. The maximum atomic E-state index is 13.9. The summed E-state index contributed by atoms with van der Waals surface area (Å²) in [6, 6.07) is 20.3. The highest BCUT2D eigenvalue weighted by atomic mass is 19.1. The number of methoxy groups -OCH3 is 1. The van der Waals surface area contributed by atoms with Gasteiger partial charge in [-0.2, -0.15) is 5.10 Å². The fraction of sp³-hybridized carbons (Fsp3) is 0.241. The van der Waals surface area contributed by atoms with Gasteiger partial charge < -0.3 is 9.64 Å². The molecule has 1 aliphatic heterocycles. The van der Waals surface area contributed by atoms with Crippen LogP contribution in [0.15, 0.2) is 83.6 Å². The molecule has 0 saturated carbocycles. The molecular weight excluding hydrogens is 441 g/mol. The second-order valence-corrected chi connectivity index (χ2v) is 8.86. The lowest BCUT2D eigenvalue weighted by molar-refractivity contribution is 0.0955. The van der Waals surface area contributed by atoms with Gasteiger partial charge in [0.15, 0.2) is 0 Å². The van der Waals surface area contributed by atoms with E-state index in [1.807, 2.05) is 42.5 Å². The lowest BCUT2D eigenvalue weighted by Crippen LogP contribution is -2.31. The number of hydrogen-bond acceptors (Lipinski definition) is 4. The average Bonchev–Trinajstić information content (AvgIpc) is 3.10. The summed E-state index contributed by atoms with van der Waals surface area (Å²) >= 11 is 0. The van der Waals surface area contributed by atoms with Gasteiger partial charge in [-0.15, -0.1) is 0 Å². The molecule has 0 fully saturated rings. The van der Waals surface area contributed by atoms with Crippen molar-refractivity contribution < 1.29 is 13.9 Å². The van der Waals surface area contributed by atoms with E-state index in [1.165, 1.54) is 6.07 Å². The number of hydrogen-bond donors (Lipinski definition) is 1. The van der Waals surface area contributed by atoms with Gasteiger partial charge in [0.2, 0.25) is 0 Å². The Balaban J connectivity index is 1.70. The van der Waals surface area contributed by atoms with E-state index in [4.69, 9.17) is 4.74 Å². The van der Waals surface area contributed by atoms with Crippen molar-refractivity contribution in [1.82, 2.24) is 5.43 Å². The predicted molar refractivity (Wildman–Crippen MR) is 139 cm³/mol. The van der Waals surface area contributed by atoms with Gasteiger partial charge in [0, 0.05) is 35.1 Å². The molecule has 0 radical (unpaired) electrons. The number of rotatable bonds is 7. The zero-order valence-electron chi connectivity index (χ0n) is 20.5. The number of ether oxygens (including phenoxy) is 1. The lowest BCUT2D eigenvalue weighted by atomic mass is 9.76. The second kappa shape index (κ2) is 10.1. The zero-order chi connectivity index (χ0) is 25.0. The number of amides is 1. The van der Waals surface area contributed by atoms with Crippen LogP contribution in [0.3, 0.4) is 0 Å². The van der Waals surface area contributed by atoms with E-state index in [0.29, 0.717) is 17.5 Å². The molecule has 4 rings (SSSR count). The van der Waals surface area contributed by atoms with Crippen LogP contribution < -0.4 is 15.1 Å². The third kappa shape index (κ3) is 4.83. The normalized spacial score (nSPS) is 18.2. The van der Waals surface area contributed by atoms with Gasteiger partial charge in [-0.25, -0.2) is 9.82 Å². The molecule has 1 amide bonds. The lowest BCUT2D eigenvalue weighted by Gasteiger charge is -2.30. The highest BCUT2D eigenvalue weighted by Gasteiger charge is 2.43. The molecule has 1 N–H and O–H groups in total. The third-order valence-electron chi connectivity index (χ3n) is 6.55. The number of likely N-dealkylation sites (N-methyl/N-ethyl adjacent to an activating group) is 1. The minimum Gasteiger partial charge on any atom is -0.497 e. The molecule has 0 aliphatic carbocycles. The van der Waals surface area contributed by atoms with Crippen molar-refractivity contribution in [1.29, 1.82) is 0 Å². The van der Waals surface area contributed by atoms with Crippen molar-refractivity contribution in [2.75, 3.05) is 18.6 Å². The maximum absolute atomic E-state index is 13.9. The number of nitrogens with zero attached hydrogens (tertiary/aromatic N) is 2. The summed E-state index contributed by atoms with van der Waals surface area (Å²) in [5.74, 6) is 0.308. The molecule has 1 atom stereocenters. The molecule has 0 saturated heterocycles. The first-order chi connectivity index (χ1) is 16.9. The molecule has 1 heterocycles. The zero-order valence-corrected chi connectivity index (χ0v) is 20.5. The van der Waals surface area contributed by atoms with Crippen LogP contribution in [0.1, 0.15) is 40.9 Å². The summed E-state index contributed by atoms with van der Waals surface area (Å²) in [5, 5.41) is 4.17. The number of halogens is 1. The van der Waals surface area contributed by atoms with Crippen molar-refractivity contribution in [2.24, 2.45) is 5.10 Å². The van der Waals surface area contributed by atoms with E-state index in [2.05, 4.69) is 41.4 Å². The average molecular weight is 472 g/mol. The fourth-order valence-electron chi connectivity index (χ4n) is 4.77. The number of aryl methyl sites for hydroxylation is 1. The Morgan fingerprint density at radius 3 is 2.60 bits per heavy atom. The van der Waals surface area contributed by atoms with E-state index in [-0.39, 0.29) is 11.7 Å². The summed E-state index contributed by atoms with van der Waals surface area (Å²) in [6.07, 6.45) is 4.23. The summed E-state index contributed by atoms with van der Waals surface area (Å²) in [4.78, 5) is 14.6. The van der Waals surface area contributed by atoms with Crippen LogP contribution >= 0.6 is 0 Å². The summed E-state index contributed by atoms with van der Waals surface area (Å²) in [7, 11) is 1.66. The van der Waals surface area contributed by atoms with Gasteiger partial charge in [-0.05, 0) is 86.4 Å². The van der Waals surface area contributed by atoms with Gasteiger partial charge in [0.05, 0.1) is 7.11 Å². The van der Waals surface area contributed by atoms with Crippen molar-refractivity contribution in [3.8, 4) is 5.75 Å². The molecule has 3 aromatic rings. The number of benzene rings is 3. The molecule has 1 aliphatic rings. The van der Waals surface area contributed by atoms with Crippen molar-refractivity contribution in [3.63, 3.8) is 0 Å². The van der Waals surface area contributed by atoms with Crippen LogP contribution in [0, 0.1) is 12.7 Å². The fourth-order valence-corrected chi connectivity index (χ4v) is 4.77. The molecule has 0 aromatic heterocycles. The Morgan fingerprint density at radius 2 is 1.91 bits per heavy atom. The predicted octanol–water partition coefficient (Wildman–Crippen LogP) is 5.78. The third-order valence-corrected chi connectivity index (χ3v) is 6.55. The SMILES string of the molecule is CCN1/C(=C\C=N\NC(=O)c2ccccc2)C(C)(Cc2ccc(F)c(C)c2)c2cc(OC)ccc21. The Labute approximate surface area is 205 Å². The number of nitrogens with one attached hydrogen (secondary N) is 1. The molecule has 0 spiro atoms. The highest BCUT2D eigenvalue weighted by Crippen LogP contribution is 2.50. The Morgan fingerprint density at radius 1 is 1.14 bits per heavy atom. The van der Waals surface area contributed by atoms with Gasteiger partial charge in [0.25, 0.3) is 5.91 Å². The van der Waals surface area contributed by atoms with Crippen LogP contribution in [0.25, 0.3) is 0 Å². The summed E-state index contributed by atoms with van der Waals surface area (Å²) < 4.78 is 19.5. The van der Waals surface area contributed by atoms with Crippen molar-refractivity contribution >= 4 is 17.8 Å². The molecule has 180 valence electrons. The van der Waals surface area contributed by atoms with Crippen molar-refractivity contribution in [3.05, 3.63) is 107 Å². The van der Waals surface area contributed by atoms with Crippen LogP contribution in [-0.4, -0.2) is 25.8 Å². The van der Waals surface area contributed by atoms with Gasteiger partial charge in [-0.3, -0.25) is 4.79 Å². The van der Waals surface area contributed by atoms with Gasteiger partial charge >= 0.3 is 0 Å². The van der Waals surface area contributed by atoms with E-state index in [0.717, 1.165) is 34.8 Å². The summed E-state index contributed by atoms with van der Waals surface area (Å²) in [6.45, 7) is 6.82. The Hall–Kier alpha value is -3.93. The smallest absolute Gasteiger partial charge is 0.271 e. The molecule has 0 bridgehead atoms. The highest BCUT2D eigenvalue weighted by molar-refractivity contribution is 5.94. The first kappa shape index (κ1) is 24.2. The number of hydrazone groups is 1. The van der Waals surface area contributed by atoms with E-state index < -0.39 is 5.41 Å². The number of carbonyl (C=O) groups is 1. The molecule has 3 aromatic carbocycles. The maximum Gasteiger partial charge on any atom is 0.271 e. The monoisotopic (exact) mass is 471 g/mol.